The molecule has 0 aliphatic carbocycles. The Morgan fingerprint density at radius 3 is 2.62 bits per heavy atom. The van der Waals surface area contributed by atoms with Crippen LogP contribution in [-0.2, 0) is 0 Å². The summed E-state index contributed by atoms with van der Waals surface area (Å²) < 4.78 is 0. The Labute approximate surface area is 149 Å². The van der Waals surface area contributed by atoms with Gasteiger partial charge in [-0.2, -0.15) is 0 Å². The summed E-state index contributed by atoms with van der Waals surface area (Å²) in [4.78, 5) is 25.9. The van der Waals surface area contributed by atoms with Crippen LogP contribution in [0.5, 0.6) is 5.75 Å². The SMILES string of the molecule is O=C(NCNC[C@H](O)c1ccc(O)c2[nH]c(=O)ccc12)c1ccccc1. The lowest BCUT2D eigenvalue weighted by atomic mass is 10.0. The normalized spacial score (nSPS) is 12.0. The molecular formula is C19H19N3O4. The monoisotopic (exact) mass is 353 g/mol. The highest BCUT2D eigenvalue weighted by atomic mass is 16.3. The first kappa shape index (κ1) is 17.7. The fraction of sp³-hybridized carbons (Fsp3) is 0.158. The van der Waals surface area contributed by atoms with E-state index < -0.39 is 6.10 Å². The predicted molar refractivity (Wildman–Crippen MR) is 98.0 cm³/mol. The van der Waals surface area contributed by atoms with Crippen molar-refractivity contribution in [3.05, 3.63) is 76.1 Å². The third-order valence-corrected chi connectivity index (χ3v) is 4.01. The van der Waals surface area contributed by atoms with Gasteiger partial charge in [-0.1, -0.05) is 24.3 Å². The van der Waals surface area contributed by atoms with Gasteiger partial charge in [0.15, 0.2) is 0 Å². The van der Waals surface area contributed by atoms with Gasteiger partial charge >= 0.3 is 0 Å². The second-order valence-corrected chi connectivity index (χ2v) is 5.80. The molecule has 0 fully saturated rings. The Bertz CT molecular complexity index is 969. The maximum Gasteiger partial charge on any atom is 0.252 e. The number of aromatic nitrogens is 1. The first-order valence-corrected chi connectivity index (χ1v) is 8.13. The number of H-pyrrole nitrogens is 1. The van der Waals surface area contributed by atoms with E-state index >= 15 is 0 Å². The van der Waals surface area contributed by atoms with Crippen molar-refractivity contribution in [1.29, 1.82) is 0 Å². The third-order valence-electron chi connectivity index (χ3n) is 4.01. The summed E-state index contributed by atoms with van der Waals surface area (Å²) in [6, 6.07) is 14.8. The van der Waals surface area contributed by atoms with Gasteiger partial charge in [0.2, 0.25) is 5.56 Å². The molecule has 0 radical (unpaired) electrons. The van der Waals surface area contributed by atoms with Crippen LogP contribution in [0.3, 0.4) is 0 Å². The number of benzene rings is 2. The molecule has 26 heavy (non-hydrogen) atoms. The smallest absolute Gasteiger partial charge is 0.252 e. The lowest BCUT2D eigenvalue weighted by Gasteiger charge is -2.15. The molecule has 2 aromatic carbocycles. The van der Waals surface area contributed by atoms with E-state index in [-0.39, 0.29) is 35.9 Å². The predicted octanol–water partition coefficient (Wildman–Crippen LogP) is 1.24. The van der Waals surface area contributed by atoms with E-state index in [1.807, 2.05) is 6.07 Å². The number of hydrogen-bond donors (Lipinski definition) is 5. The van der Waals surface area contributed by atoms with Crippen molar-refractivity contribution >= 4 is 16.8 Å². The zero-order chi connectivity index (χ0) is 18.5. The van der Waals surface area contributed by atoms with Gasteiger partial charge in [-0.15, -0.1) is 0 Å². The summed E-state index contributed by atoms with van der Waals surface area (Å²) >= 11 is 0. The molecule has 1 amide bonds. The van der Waals surface area contributed by atoms with Crippen LogP contribution in [0.2, 0.25) is 0 Å². The molecule has 0 saturated carbocycles. The number of aliphatic hydroxyl groups is 1. The zero-order valence-electron chi connectivity index (χ0n) is 13.9. The number of aliphatic hydroxyl groups excluding tert-OH is 1. The third kappa shape index (κ3) is 3.90. The number of pyridine rings is 1. The molecular weight excluding hydrogens is 334 g/mol. The van der Waals surface area contributed by atoms with E-state index in [2.05, 4.69) is 15.6 Å². The van der Waals surface area contributed by atoms with Crippen molar-refractivity contribution in [3.8, 4) is 5.75 Å². The van der Waals surface area contributed by atoms with Gasteiger partial charge in [0.05, 0.1) is 18.3 Å². The van der Waals surface area contributed by atoms with Crippen LogP contribution < -0.4 is 16.2 Å². The minimum absolute atomic E-state index is 0.0586. The highest BCUT2D eigenvalue weighted by Crippen LogP contribution is 2.28. The van der Waals surface area contributed by atoms with Gasteiger partial charge in [-0.25, -0.2) is 0 Å². The molecule has 0 bridgehead atoms. The lowest BCUT2D eigenvalue weighted by Crippen LogP contribution is -2.35. The first-order chi connectivity index (χ1) is 12.6. The first-order valence-electron chi connectivity index (χ1n) is 8.13. The van der Waals surface area contributed by atoms with E-state index in [1.165, 1.54) is 12.1 Å². The summed E-state index contributed by atoms with van der Waals surface area (Å²) in [6.07, 6.45) is -0.877. The summed E-state index contributed by atoms with van der Waals surface area (Å²) in [5, 5.41) is 26.5. The number of aromatic hydroxyl groups is 1. The fourth-order valence-corrected chi connectivity index (χ4v) is 2.70. The molecule has 7 nitrogen and oxygen atoms in total. The molecule has 1 atom stereocenters. The molecule has 0 unspecified atom stereocenters. The molecule has 0 aliphatic rings. The lowest BCUT2D eigenvalue weighted by molar-refractivity contribution is 0.0946. The fourth-order valence-electron chi connectivity index (χ4n) is 2.70. The molecule has 1 heterocycles. The Morgan fingerprint density at radius 1 is 1.08 bits per heavy atom. The Morgan fingerprint density at radius 2 is 1.85 bits per heavy atom. The van der Waals surface area contributed by atoms with Crippen LogP contribution in [0, 0.1) is 0 Å². The van der Waals surface area contributed by atoms with E-state index in [1.54, 1.807) is 36.4 Å². The number of rotatable bonds is 6. The Balaban J connectivity index is 1.61. The van der Waals surface area contributed by atoms with Crippen molar-refractivity contribution in [2.45, 2.75) is 6.10 Å². The minimum Gasteiger partial charge on any atom is -0.506 e. The van der Waals surface area contributed by atoms with E-state index in [4.69, 9.17) is 0 Å². The summed E-state index contributed by atoms with van der Waals surface area (Å²) in [5.74, 6) is -0.267. The van der Waals surface area contributed by atoms with Crippen LogP contribution in [0.4, 0.5) is 0 Å². The van der Waals surface area contributed by atoms with Crippen molar-refractivity contribution in [1.82, 2.24) is 15.6 Å². The van der Waals surface area contributed by atoms with Crippen molar-refractivity contribution in [3.63, 3.8) is 0 Å². The molecule has 1 aromatic heterocycles. The van der Waals surface area contributed by atoms with Gasteiger partial charge in [0.1, 0.15) is 5.75 Å². The second-order valence-electron chi connectivity index (χ2n) is 5.80. The van der Waals surface area contributed by atoms with Gasteiger partial charge in [0.25, 0.3) is 5.91 Å². The highest BCUT2D eigenvalue weighted by molar-refractivity contribution is 5.94. The van der Waals surface area contributed by atoms with Crippen LogP contribution in [-0.4, -0.2) is 34.3 Å². The summed E-state index contributed by atoms with van der Waals surface area (Å²) in [6.45, 7) is 0.381. The second kappa shape index (κ2) is 7.81. The largest absolute Gasteiger partial charge is 0.506 e. The zero-order valence-corrected chi connectivity index (χ0v) is 13.9. The van der Waals surface area contributed by atoms with Crippen LogP contribution >= 0.6 is 0 Å². The van der Waals surface area contributed by atoms with Crippen molar-refractivity contribution in [2.75, 3.05) is 13.2 Å². The quantitative estimate of drug-likeness (QED) is 0.338. The topological polar surface area (TPSA) is 114 Å². The van der Waals surface area contributed by atoms with E-state index in [0.29, 0.717) is 16.5 Å². The number of nitrogens with one attached hydrogen (secondary N) is 3. The van der Waals surface area contributed by atoms with Crippen LogP contribution in [0.1, 0.15) is 22.0 Å². The number of amides is 1. The summed E-state index contributed by atoms with van der Waals surface area (Å²) in [5.41, 5.74) is 1.08. The molecule has 0 spiro atoms. The molecule has 0 aliphatic heterocycles. The number of phenols is 1. The van der Waals surface area contributed by atoms with E-state index in [9.17, 15) is 19.8 Å². The van der Waals surface area contributed by atoms with Gasteiger partial charge in [0, 0.05) is 23.6 Å². The molecule has 5 N–H and O–H groups in total. The number of phenolic OH excluding ortho intramolecular Hbond substituents is 1. The number of aromatic amines is 1. The molecule has 3 rings (SSSR count). The molecule has 134 valence electrons. The Hall–Kier alpha value is -3.16. The Kier molecular flexibility index (Phi) is 5.31. The van der Waals surface area contributed by atoms with E-state index in [0.717, 1.165) is 0 Å². The number of fused-ring (bicyclic) bond motifs is 1. The number of hydrogen-bond acceptors (Lipinski definition) is 5. The summed E-state index contributed by atoms with van der Waals surface area (Å²) in [7, 11) is 0. The average molecular weight is 353 g/mol. The minimum atomic E-state index is -0.877. The number of carbonyl (C=O) groups is 1. The standard InChI is InChI=1S/C19H19N3O4/c23-15-8-6-13(14-7-9-17(25)22-18(14)15)16(24)10-20-11-21-19(26)12-4-2-1-3-5-12/h1-9,16,20,23-24H,10-11H2,(H,21,26)(H,22,25)/t16-/m0/s1. The molecule has 3 aromatic rings. The average Bonchev–Trinajstić information content (AvgIpc) is 2.66. The maximum absolute atomic E-state index is 11.9. The van der Waals surface area contributed by atoms with Crippen molar-refractivity contribution in [2.24, 2.45) is 0 Å². The van der Waals surface area contributed by atoms with Crippen LogP contribution in [0.25, 0.3) is 10.9 Å². The van der Waals surface area contributed by atoms with Gasteiger partial charge < -0.3 is 20.5 Å². The highest BCUT2D eigenvalue weighted by Gasteiger charge is 2.14. The maximum atomic E-state index is 11.9. The van der Waals surface area contributed by atoms with Crippen molar-refractivity contribution < 1.29 is 15.0 Å². The van der Waals surface area contributed by atoms with Gasteiger partial charge in [-0.05, 0) is 29.8 Å². The van der Waals surface area contributed by atoms with Crippen LogP contribution in [0.15, 0.2) is 59.4 Å². The molecule has 0 saturated heterocycles. The number of carbonyl (C=O) groups excluding carboxylic acids is 1. The van der Waals surface area contributed by atoms with Gasteiger partial charge in [-0.3, -0.25) is 14.9 Å². The molecule has 7 heteroatoms.